The van der Waals surface area contributed by atoms with Crippen LogP contribution in [0.25, 0.3) is 0 Å². The summed E-state index contributed by atoms with van der Waals surface area (Å²) in [4.78, 5) is 9.69. The molecule has 0 aliphatic carbocycles. The van der Waals surface area contributed by atoms with Gasteiger partial charge in [0.05, 0.1) is 0 Å². The molecule has 0 fully saturated rings. The molecule has 0 rings (SSSR count). The Hall–Kier alpha value is -0.251. The first-order valence-electron chi connectivity index (χ1n) is 3.07. The van der Waals surface area contributed by atoms with E-state index in [9.17, 15) is 8.63 Å². The van der Waals surface area contributed by atoms with Crippen molar-refractivity contribution in [2.24, 2.45) is 0 Å². The zero-order chi connectivity index (χ0) is 7.98. The van der Waals surface area contributed by atoms with E-state index in [4.69, 9.17) is 4.19 Å². The molecule has 2 N–H and O–H groups in total. The first-order valence-corrected chi connectivity index (χ1v) is 5.39. The molecule has 0 bridgehead atoms. The van der Waals surface area contributed by atoms with E-state index in [0.29, 0.717) is 6.54 Å². The number of rotatable bonds is 4. The van der Waals surface area contributed by atoms with Gasteiger partial charge in [0.1, 0.15) is 0 Å². The van der Waals surface area contributed by atoms with E-state index in [1.54, 1.807) is 0 Å². The molecule has 0 saturated heterocycles. The van der Waals surface area contributed by atoms with Crippen molar-refractivity contribution in [3.8, 4) is 0 Å². The fourth-order valence-corrected chi connectivity index (χ4v) is 0.902. The van der Waals surface area contributed by atoms with Crippen LogP contribution in [-0.4, -0.2) is 29.7 Å². The number of amides is 1. The van der Waals surface area contributed by atoms with E-state index in [-0.39, 0.29) is 0 Å². The predicted molar refractivity (Wildman–Crippen MR) is 37.0 cm³/mol. The number of carbonyl (C=O) groups is 1. The van der Waals surface area contributed by atoms with Gasteiger partial charge >= 0.3 is 63.4 Å². The maximum absolute atomic E-state index is 10.4. The van der Waals surface area contributed by atoms with Crippen LogP contribution >= 0.6 is 0 Å². The second kappa shape index (κ2) is 5.53. The van der Waals surface area contributed by atoms with Gasteiger partial charge in [-0.25, -0.2) is 0 Å². The van der Waals surface area contributed by atoms with E-state index in [1.807, 2.05) is 6.92 Å². The average Bonchev–Trinajstić information content (AvgIpc) is 1.88. The molecular formula is C5H11NO3Se. The number of nitrogens with one attached hydrogen (secondary N) is 1. The molecule has 0 aromatic heterocycles. The second-order valence-corrected chi connectivity index (χ2v) is 3.64. The zero-order valence-corrected chi connectivity index (χ0v) is 7.51. The maximum atomic E-state index is 10.4. The van der Waals surface area contributed by atoms with Gasteiger partial charge in [0.15, 0.2) is 0 Å². The summed E-state index contributed by atoms with van der Waals surface area (Å²) in [6.45, 7) is 2.48. The Labute approximate surface area is 64.0 Å². The summed E-state index contributed by atoms with van der Waals surface area (Å²) in [6.07, 6.45) is 1.82. The number of hydrogen-bond donors (Lipinski definition) is 2. The van der Waals surface area contributed by atoms with Gasteiger partial charge < -0.3 is 0 Å². The molecule has 0 spiro atoms. The summed E-state index contributed by atoms with van der Waals surface area (Å²) in [6, 6.07) is 0. The number of unbranched alkanes of at least 4 members (excludes halogenated alkanes) is 1. The standard InChI is InChI=1S/C5H11NO3Se/c1-2-3-4-6-5(7)10(8)9/h2-4H2,1H3,(H,6,7)(H,8,9). The Kier molecular flexibility index (Phi) is 5.39. The molecule has 5 heteroatoms. The number of carbonyl (C=O) groups excluding carboxylic acids is 1. The van der Waals surface area contributed by atoms with Crippen molar-refractivity contribution in [2.45, 2.75) is 19.8 Å². The third-order valence-corrected chi connectivity index (χ3v) is 1.93. The van der Waals surface area contributed by atoms with Crippen LogP contribution in [0.3, 0.4) is 0 Å². The van der Waals surface area contributed by atoms with Crippen LogP contribution in [0.4, 0.5) is 4.79 Å². The van der Waals surface area contributed by atoms with E-state index in [2.05, 4.69) is 5.32 Å². The van der Waals surface area contributed by atoms with E-state index >= 15 is 0 Å². The quantitative estimate of drug-likeness (QED) is 0.508. The summed E-state index contributed by atoms with van der Waals surface area (Å²) >= 11 is -3.19. The summed E-state index contributed by atoms with van der Waals surface area (Å²) in [5, 5.41) is 2.34. The molecule has 0 saturated carbocycles. The molecule has 1 amide bonds. The van der Waals surface area contributed by atoms with Crippen LogP contribution in [0.5, 0.6) is 0 Å². The molecule has 0 radical (unpaired) electrons. The van der Waals surface area contributed by atoms with Crippen LogP contribution < -0.4 is 5.32 Å². The number of hydrogen-bond acceptors (Lipinski definition) is 2. The Balaban J connectivity index is 3.31. The van der Waals surface area contributed by atoms with Gasteiger partial charge in [0, 0.05) is 0 Å². The fourth-order valence-electron chi connectivity index (χ4n) is 0.429. The molecule has 0 heterocycles. The molecule has 0 aromatic carbocycles. The summed E-state index contributed by atoms with van der Waals surface area (Å²) in [7, 11) is 0. The van der Waals surface area contributed by atoms with Gasteiger partial charge in [-0.1, -0.05) is 0 Å². The van der Waals surface area contributed by atoms with E-state index in [1.165, 1.54) is 0 Å². The molecule has 0 aliphatic rings. The Morgan fingerprint density at radius 1 is 1.70 bits per heavy atom. The molecule has 1 atom stereocenters. The Bertz CT molecular complexity index is 137. The van der Waals surface area contributed by atoms with Crippen molar-refractivity contribution in [3.05, 3.63) is 0 Å². The topological polar surface area (TPSA) is 66.4 Å². The van der Waals surface area contributed by atoms with Crippen LogP contribution in [0.2, 0.25) is 0 Å². The van der Waals surface area contributed by atoms with Crippen LogP contribution in [0.1, 0.15) is 19.8 Å². The molecule has 1 unspecified atom stereocenters. The molecule has 10 heavy (non-hydrogen) atoms. The van der Waals surface area contributed by atoms with Gasteiger partial charge in [0.25, 0.3) is 0 Å². The van der Waals surface area contributed by atoms with Gasteiger partial charge in [-0.15, -0.1) is 0 Å². The normalized spacial score (nSPS) is 12.6. The third-order valence-electron chi connectivity index (χ3n) is 0.958. The molecular weight excluding hydrogens is 201 g/mol. The SMILES string of the molecule is CCCCNC(=O)[Se](=O)O. The first-order chi connectivity index (χ1) is 4.68. The van der Waals surface area contributed by atoms with Crippen LogP contribution in [0, 0.1) is 0 Å². The van der Waals surface area contributed by atoms with Crippen molar-refractivity contribution in [1.29, 1.82) is 0 Å². The van der Waals surface area contributed by atoms with Gasteiger partial charge in [0.2, 0.25) is 0 Å². The van der Waals surface area contributed by atoms with Crippen LogP contribution in [0.15, 0.2) is 0 Å². The Morgan fingerprint density at radius 2 is 2.30 bits per heavy atom. The summed E-state index contributed by atoms with van der Waals surface area (Å²) < 4.78 is 18.4. The average molecular weight is 212 g/mol. The van der Waals surface area contributed by atoms with Crippen molar-refractivity contribution in [1.82, 2.24) is 5.32 Å². The van der Waals surface area contributed by atoms with E-state index < -0.39 is 19.0 Å². The minimum absolute atomic E-state index is 0.498. The van der Waals surface area contributed by atoms with Crippen molar-refractivity contribution >= 4 is 19.0 Å². The molecule has 0 aromatic rings. The zero-order valence-electron chi connectivity index (χ0n) is 5.79. The predicted octanol–water partition coefficient (Wildman–Crippen LogP) is -0.0112. The Morgan fingerprint density at radius 3 is 2.70 bits per heavy atom. The summed E-state index contributed by atoms with van der Waals surface area (Å²) in [5.74, 6) is 0. The third kappa shape index (κ3) is 4.61. The summed E-state index contributed by atoms with van der Waals surface area (Å²) in [5.41, 5.74) is 0. The van der Waals surface area contributed by atoms with Crippen LogP contribution in [-0.2, 0) is 3.83 Å². The monoisotopic (exact) mass is 213 g/mol. The fraction of sp³-hybridized carbons (Fsp3) is 0.800. The second-order valence-electron chi connectivity index (χ2n) is 1.82. The molecule has 4 nitrogen and oxygen atoms in total. The van der Waals surface area contributed by atoms with Gasteiger partial charge in [-0.2, -0.15) is 0 Å². The van der Waals surface area contributed by atoms with Crippen molar-refractivity contribution in [2.75, 3.05) is 6.54 Å². The van der Waals surface area contributed by atoms with Gasteiger partial charge in [-0.3, -0.25) is 0 Å². The minimum atomic E-state index is -3.19. The molecule has 60 valence electrons. The van der Waals surface area contributed by atoms with E-state index in [0.717, 1.165) is 12.8 Å². The van der Waals surface area contributed by atoms with Crippen molar-refractivity contribution < 1.29 is 12.8 Å². The first kappa shape index (κ1) is 9.75. The molecule has 0 aliphatic heterocycles. The van der Waals surface area contributed by atoms with Gasteiger partial charge in [-0.05, 0) is 0 Å². The van der Waals surface area contributed by atoms with Crippen molar-refractivity contribution in [3.63, 3.8) is 0 Å².